The van der Waals surface area contributed by atoms with Crippen LogP contribution in [0.15, 0.2) is 48.8 Å². The van der Waals surface area contributed by atoms with Crippen molar-refractivity contribution in [3.05, 3.63) is 59.4 Å². The van der Waals surface area contributed by atoms with Gasteiger partial charge < -0.3 is 15.0 Å². The number of anilines is 1. The van der Waals surface area contributed by atoms with Crippen molar-refractivity contribution in [2.45, 2.75) is 5.75 Å². The molecular formula is C18H16ClN3O3S. The lowest BCUT2D eigenvalue weighted by Gasteiger charge is -2.10. The molecule has 3 rings (SSSR count). The summed E-state index contributed by atoms with van der Waals surface area (Å²) in [7, 11) is 1.50. The third kappa shape index (κ3) is 4.01. The zero-order valence-corrected chi connectivity index (χ0v) is 15.4. The number of rotatable bonds is 5. The Bertz CT molecular complexity index is 964. The number of methoxy groups -OCH3 is 1. The third-order valence-corrected chi connectivity index (χ3v) is 4.66. The second kappa shape index (κ2) is 7.82. The maximum absolute atomic E-state index is 10.9. The van der Waals surface area contributed by atoms with Gasteiger partial charge in [-0.2, -0.15) is 0 Å². The van der Waals surface area contributed by atoms with E-state index >= 15 is 0 Å². The van der Waals surface area contributed by atoms with Crippen molar-refractivity contribution in [2.24, 2.45) is 0 Å². The minimum Gasteiger partial charge on any atom is -0.480 e. The molecule has 0 bridgehead atoms. The van der Waals surface area contributed by atoms with Crippen LogP contribution >= 0.6 is 11.6 Å². The van der Waals surface area contributed by atoms with Crippen molar-refractivity contribution in [3.8, 4) is 28.1 Å². The number of halogens is 1. The first-order valence-electron chi connectivity index (χ1n) is 7.60. The van der Waals surface area contributed by atoms with Crippen molar-refractivity contribution in [3.63, 3.8) is 0 Å². The Labute approximate surface area is 158 Å². The molecule has 2 aromatic heterocycles. The summed E-state index contributed by atoms with van der Waals surface area (Å²) in [5.41, 5.74) is 10.0. The summed E-state index contributed by atoms with van der Waals surface area (Å²) >= 11 is 4.29. The molecule has 3 aromatic rings. The van der Waals surface area contributed by atoms with Crippen LogP contribution in [-0.4, -0.2) is 25.8 Å². The molecule has 134 valence electrons. The van der Waals surface area contributed by atoms with Crippen molar-refractivity contribution in [1.29, 1.82) is 0 Å². The Morgan fingerprint density at radius 1 is 1.12 bits per heavy atom. The minimum atomic E-state index is -1.86. The smallest absolute Gasteiger partial charge is 0.232 e. The second-order valence-corrected chi connectivity index (χ2v) is 6.87. The van der Waals surface area contributed by atoms with Crippen LogP contribution in [0.3, 0.4) is 0 Å². The zero-order valence-electron chi connectivity index (χ0n) is 13.8. The molecule has 0 amide bonds. The van der Waals surface area contributed by atoms with Gasteiger partial charge in [0.1, 0.15) is 10.8 Å². The molecular weight excluding hydrogens is 374 g/mol. The van der Waals surface area contributed by atoms with Gasteiger partial charge in [-0.15, -0.1) is 0 Å². The molecule has 0 saturated carbocycles. The number of nitrogens with zero attached hydrogens (tertiary/aromatic N) is 2. The highest BCUT2D eigenvalue weighted by atomic mass is 35.5. The van der Waals surface area contributed by atoms with Crippen LogP contribution in [0.25, 0.3) is 22.3 Å². The molecule has 6 nitrogen and oxygen atoms in total. The summed E-state index contributed by atoms with van der Waals surface area (Å²) in [5.74, 6) is 0.806. The van der Waals surface area contributed by atoms with E-state index in [-0.39, 0.29) is 5.75 Å². The van der Waals surface area contributed by atoms with E-state index in [0.29, 0.717) is 22.3 Å². The van der Waals surface area contributed by atoms with Gasteiger partial charge in [0.25, 0.3) is 0 Å². The highest BCUT2D eigenvalue weighted by molar-refractivity contribution is 7.78. The Morgan fingerprint density at radius 2 is 1.81 bits per heavy atom. The van der Waals surface area contributed by atoms with E-state index in [2.05, 4.69) is 9.97 Å². The first kappa shape index (κ1) is 18.3. The summed E-state index contributed by atoms with van der Waals surface area (Å²) in [4.78, 5) is 8.43. The Morgan fingerprint density at radius 3 is 2.42 bits per heavy atom. The summed E-state index contributed by atoms with van der Waals surface area (Å²) in [6, 6.07) is 11.0. The van der Waals surface area contributed by atoms with Gasteiger partial charge in [-0.3, -0.25) is 0 Å². The SMILES string of the molecule is COc1ncc(-c2cc(-c3ccc(CS(=O)O)cc3)cnc2N)cc1Cl. The van der Waals surface area contributed by atoms with E-state index in [1.54, 1.807) is 18.5 Å². The zero-order chi connectivity index (χ0) is 18.7. The van der Waals surface area contributed by atoms with E-state index < -0.39 is 11.1 Å². The molecule has 1 atom stereocenters. The van der Waals surface area contributed by atoms with E-state index in [1.807, 2.05) is 30.3 Å². The van der Waals surface area contributed by atoms with Gasteiger partial charge >= 0.3 is 0 Å². The van der Waals surface area contributed by atoms with Gasteiger partial charge in [-0.25, -0.2) is 14.2 Å². The van der Waals surface area contributed by atoms with Crippen molar-refractivity contribution in [1.82, 2.24) is 9.97 Å². The summed E-state index contributed by atoms with van der Waals surface area (Å²) in [6.07, 6.45) is 3.30. The first-order valence-corrected chi connectivity index (χ1v) is 9.25. The molecule has 0 fully saturated rings. The predicted octanol–water partition coefficient (Wildman–Crippen LogP) is 3.78. The van der Waals surface area contributed by atoms with Gasteiger partial charge in [-0.1, -0.05) is 35.9 Å². The number of nitrogens with two attached hydrogens (primary N) is 1. The molecule has 0 radical (unpaired) electrons. The maximum Gasteiger partial charge on any atom is 0.232 e. The number of nitrogen functional groups attached to an aromatic ring is 1. The van der Waals surface area contributed by atoms with Gasteiger partial charge in [0.15, 0.2) is 11.1 Å². The normalized spacial score (nSPS) is 12.0. The van der Waals surface area contributed by atoms with E-state index in [0.717, 1.165) is 22.3 Å². The molecule has 0 spiro atoms. The fourth-order valence-electron chi connectivity index (χ4n) is 2.52. The average Bonchev–Trinajstić information content (AvgIpc) is 2.62. The van der Waals surface area contributed by atoms with E-state index in [1.165, 1.54) is 7.11 Å². The lowest BCUT2D eigenvalue weighted by molar-refractivity contribution is 0.398. The molecule has 1 unspecified atom stereocenters. The lowest BCUT2D eigenvalue weighted by Crippen LogP contribution is -1.97. The standard InChI is InChI=1S/C18H16ClN3O3S/c1-25-18-16(19)7-14(9-22-18)15-6-13(8-21-17(15)20)12-4-2-11(3-5-12)10-26(23)24/h2-9H,10H2,1H3,(H2,20,21)(H,23,24). The highest BCUT2D eigenvalue weighted by Gasteiger charge is 2.11. The largest absolute Gasteiger partial charge is 0.480 e. The molecule has 8 heteroatoms. The second-order valence-electron chi connectivity index (χ2n) is 5.53. The maximum atomic E-state index is 10.9. The molecule has 26 heavy (non-hydrogen) atoms. The summed E-state index contributed by atoms with van der Waals surface area (Å²) < 4.78 is 24.9. The number of benzene rings is 1. The van der Waals surface area contributed by atoms with Crippen LogP contribution < -0.4 is 10.5 Å². The molecule has 3 N–H and O–H groups in total. The average molecular weight is 390 g/mol. The molecule has 0 aliphatic rings. The highest BCUT2D eigenvalue weighted by Crippen LogP contribution is 2.33. The molecule has 0 aliphatic heterocycles. The van der Waals surface area contributed by atoms with E-state index in [4.69, 9.17) is 26.6 Å². The van der Waals surface area contributed by atoms with E-state index in [9.17, 15) is 4.21 Å². The topological polar surface area (TPSA) is 98.3 Å². The molecule has 0 saturated heterocycles. The van der Waals surface area contributed by atoms with Crippen molar-refractivity contribution >= 4 is 28.5 Å². The number of hydrogen-bond donors (Lipinski definition) is 2. The Kier molecular flexibility index (Phi) is 5.51. The van der Waals surface area contributed by atoms with Crippen LogP contribution in [0, 0.1) is 0 Å². The third-order valence-electron chi connectivity index (χ3n) is 3.81. The molecule has 0 aliphatic carbocycles. The quantitative estimate of drug-likeness (QED) is 0.644. The lowest BCUT2D eigenvalue weighted by atomic mass is 10.0. The minimum absolute atomic E-state index is 0.0987. The van der Waals surface area contributed by atoms with Gasteiger partial charge in [0.2, 0.25) is 5.88 Å². The van der Waals surface area contributed by atoms with Gasteiger partial charge in [-0.05, 0) is 23.3 Å². The van der Waals surface area contributed by atoms with Crippen molar-refractivity contribution < 1.29 is 13.5 Å². The van der Waals surface area contributed by atoms with Crippen LogP contribution in [0.5, 0.6) is 5.88 Å². The van der Waals surface area contributed by atoms with Crippen LogP contribution in [0.4, 0.5) is 5.82 Å². The molecule has 2 heterocycles. The summed E-state index contributed by atoms with van der Waals surface area (Å²) in [5, 5.41) is 0.385. The monoisotopic (exact) mass is 389 g/mol. The first-order chi connectivity index (χ1) is 12.5. The van der Waals surface area contributed by atoms with Crippen molar-refractivity contribution in [2.75, 3.05) is 12.8 Å². The van der Waals surface area contributed by atoms with Crippen LogP contribution in [0.1, 0.15) is 5.56 Å². The van der Waals surface area contributed by atoms with Gasteiger partial charge in [0.05, 0.1) is 12.9 Å². The fourth-order valence-corrected chi connectivity index (χ4v) is 3.24. The predicted molar refractivity (Wildman–Crippen MR) is 103 cm³/mol. The number of aromatic nitrogens is 2. The number of ether oxygens (including phenoxy) is 1. The number of pyridine rings is 2. The van der Waals surface area contributed by atoms with Gasteiger partial charge in [0, 0.05) is 29.1 Å². The molecule has 1 aromatic carbocycles. The number of hydrogen-bond acceptors (Lipinski definition) is 5. The fraction of sp³-hybridized carbons (Fsp3) is 0.111. The Balaban J connectivity index is 1.97. The Hall–Kier alpha value is -2.48. The van der Waals surface area contributed by atoms with Crippen LogP contribution in [-0.2, 0) is 16.8 Å². The summed E-state index contributed by atoms with van der Waals surface area (Å²) in [6.45, 7) is 0. The van der Waals surface area contributed by atoms with Crippen LogP contribution in [0.2, 0.25) is 5.02 Å².